The Labute approximate surface area is 80.5 Å². The molecule has 0 aliphatic heterocycles. The van der Waals surface area contributed by atoms with Crippen LogP contribution < -0.4 is 14.1 Å². The molecule has 0 heterocycles. The Balaban J connectivity index is 3.01. The second-order valence-electron chi connectivity index (χ2n) is 2.37. The normalized spacial score (nSPS) is 11.1. The van der Waals surface area contributed by atoms with Crippen molar-refractivity contribution in [2.45, 2.75) is 0 Å². The van der Waals surface area contributed by atoms with Crippen LogP contribution in [-0.2, 0) is 10.3 Å². The highest BCUT2D eigenvalue weighted by molar-refractivity contribution is 7.84. The molecule has 5 nitrogen and oxygen atoms in total. The van der Waals surface area contributed by atoms with E-state index in [4.69, 9.17) is 0 Å². The summed E-state index contributed by atoms with van der Waals surface area (Å²) < 4.78 is 42.8. The number of rotatable bonds is 3. The number of halogens is 1. The van der Waals surface area contributed by atoms with E-state index in [0.717, 1.165) is 18.2 Å². The van der Waals surface area contributed by atoms with Crippen molar-refractivity contribution in [2.75, 3.05) is 7.11 Å². The van der Waals surface area contributed by atoms with E-state index in [1.54, 1.807) is 0 Å². The monoisotopic (exact) mass is 221 g/mol. The van der Waals surface area contributed by atoms with Gasteiger partial charge < -0.3 is 8.92 Å². The lowest BCUT2D eigenvalue weighted by Crippen LogP contribution is -2.18. The molecule has 0 saturated carbocycles. The van der Waals surface area contributed by atoms with Crippen LogP contribution in [0.25, 0.3) is 0 Å². The number of hydrogen-bond donors (Lipinski definition) is 1. The minimum Gasteiger partial charge on any atom is -0.494 e. The van der Waals surface area contributed by atoms with Gasteiger partial charge in [0.15, 0.2) is 11.6 Å². The third-order valence-corrected chi connectivity index (χ3v) is 1.76. The van der Waals surface area contributed by atoms with Crippen molar-refractivity contribution in [3.63, 3.8) is 0 Å². The number of nitrogens with two attached hydrogens (primary N) is 1. The summed E-state index contributed by atoms with van der Waals surface area (Å²) in [6.07, 6.45) is 0. The second kappa shape index (κ2) is 3.81. The van der Waals surface area contributed by atoms with Gasteiger partial charge in [-0.15, -0.1) is 0 Å². The third-order valence-electron chi connectivity index (χ3n) is 1.33. The topological polar surface area (TPSA) is 78.6 Å². The van der Waals surface area contributed by atoms with E-state index in [9.17, 15) is 12.8 Å². The number of methoxy groups -OCH3 is 1. The van der Waals surface area contributed by atoms with Crippen LogP contribution in [0.2, 0.25) is 0 Å². The first-order valence-electron chi connectivity index (χ1n) is 3.48. The Morgan fingerprint density at radius 1 is 1.43 bits per heavy atom. The van der Waals surface area contributed by atoms with Crippen LogP contribution in [0.4, 0.5) is 4.39 Å². The third kappa shape index (κ3) is 2.86. The lowest BCUT2D eigenvalue weighted by Gasteiger charge is -2.05. The Kier molecular flexibility index (Phi) is 2.92. The lowest BCUT2D eigenvalue weighted by atomic mass is 10.3. The van der Waals surface area contributed by atoms with Crippen LogP contribution in [-0.4, -0.2) is 15.5 Å². The van der Waals surface area contributed by atoms with Crippen LogP contribution in [0.5, 0.6) is 11.5 Å². The summed E-state index contributed by atoms with van der Waals surface area (Å²) in [5.41, 5.74) is 0. The molecule has 0 bridgehead atoms. The van der Waals surface area contributed by atoms with Crippen molar-refractivity contribution in [1.82, 2.24) is 0 Å². The summed E-state index contributed by atoms with van der Waals surface area (Å²) in [4.78, 5) is 0. The predicted molar refractivity (Wildman–Crippen MR) is 46.7 cm³/mol. The zero-order valence-electron chi connectivity index (χ0n) is 7.23. The minimum absolute atomic E-state index is 0.106. The summed E-state index contributed by atoms with van der Waals surface area (Å²) in [5.74, 6) is -0.842. The van der Waals surface area contributed by atoms with Crippen LogP contribution in [0, 0.1) is 5.82 Å². The van der Waals surface area contributed by atoms with Gasteiger partial charge in [0.1, 0.15) is 5.75 Å². The molecule has 0 saturated heterocycles. The number of ether oxygens (including phenoxy) is 1. The summed E-state index contributed by atoms with van der Waals surface area (Å²) in [7, 11) is -2.84. The number of benzene rings is 1. The lowest BCUT2D eigenvalue weighted by molar-refractivity contribution is 0.383. The zero-order valence-corrected chi connectivity index (χ0v) is 8.05. The van der Waals surface area contributed by atoms with E-state index < -0.39 is 16.1 Å². The minimum atomic E-state index is -4.09. The van der Waals surface area contributed by atoms with Crippen LogP contribution in [0.1, 0.15) is 0 Å². The molecule has 1 aromatic carbocycles. The molecule has 0 aromatic heterocycles. The number of hydrogen-bond acceptors (Lipinski definition) is 4. The van der Waals surface area contributed by atoms with Gasteiger partial charge in [-0.05, 0) is 12.1 Å². The second-order valence-corrected chi connectivity index (χ2v) is 3.52. The summed E-state index contributed by atoms with van der Waals surface area (Å²) in [5, 5.41) is 4.61. The molecule has 0 atom stereocenters. The van der Waals surface area contributed by atoms with E-state index in [-0.39, 0.29) is 11.5 Å². The molecular formula is C7H8FNO4S. The van der Waals surface area contributed by atoms with Gasteiger partial charge >= 0.3 is 10.3 Å². The fourth-order valence-electron chi connectivity index (χ4n) is 0.826. The van der Waals surface area contributed by atoms with Gasteiger partial charge in [0.25, 0.3) is 0 Å². The standard InChI is InChI=1S/C7H8FNO4S/c1-12-7-4-5(2-3-6(7)8)13-14(9,10)11/h2-4H,1H3,(H2,9,10,11). The van der Waals surface area contributed by atoms with Crippen LogP contribution in [0.15, 0.2) is 18.2 Å². The average molecular weight is 221 g/mol. The maximum atomic E-state index is 12.8. The SMILES string of the molecule is COc1cc(OS(N)(=O)=O)ccc1F. The zero-order chi connectivity index (χ0) is 10.8. The van der Waals surface area contributed by atoms with Crippen molar-refractivity contribution < 1.29 is 21.7 Å². The maximum absolute atomic E-state index is 12.8. The van der Waals surface area contributed by atoms with Gasteiger partial charge in [-0.2, -0.15) is 13.6 Å². The van der Waals surface area contributed by atoms with Gasteiger partial charge in [-0.3, -0.25) is 0 Å². The van der Waals surface area contributed by atoms with Crippen molar-refractivity contribution in [3.8, 4) is 11.5 Å². The molecule has 7 heteroatoms. The highest BCUT2D eigenvalue weighted by Crippen LogP contribution is 2.23. The molecule has 78 valence electrons. The first kappa shape index (κ1) is 10.7. The molecule has 0 aliphatic rings. The van der Waals surface area contributed by atoms with Crippen molar-refractivity contribution >= 4 is 10.3 Å². The quantitative estimate of drug-likeness (QED) is 0.802. The fraction of sp³-hybridized carbons (Fsp3) is 0.143. The Hall–Kier alpha value is -1.34. The summed E-state index contributed by atoms with van der Waals surface area (Å²) >= 11 is 0. The largest absolute Gasteiger partial charge is 0.494 e. The van der Waals surface area contributed by atoms with Gasteiger partial charge in [0, 0.05) is 6.07 Å². The molecule has 0 fully saturated rings. The molecule has 0 aliphatic carbocycles. The van der Waals surface area contributed by atoms with Gasteiger partial charge in [0.05, 0.1) is 7.11 Å². The molecule has 2 N–H and O–H groups in total. The van der Waals surface area contributed by atoms with E-state index in [0.29, 0.717) is 0 Å². The molecule has 1 aromatic rings. The smallest absolute Gasteiger partial charge is 0.380 e. The summed E-state index contributed by atoms with van der Waals surface area (Å²) in [6.45, 7) is 0. The fourth-order valence-corrected chi connectivity index (χ4v) is 1.20. The molecular weight excluding hydrogens is 213 g/mol. The Morgan fingerprint density at radius 2 is 2.07 bits per heavy atom. The van der Waals surface area contributed by atoms with E-state index in [1.165, 1.54) is 7.11 Å². The first-order valence-corrected chi connectivity index (χ1v) is 4.95. The maximum Gasteiger partial charge on any atom is 0.380 e. The first-order chi connectivity index (χ1) is 6.42. The molecule has 0 radical (unpaired) electrons. The highest BCUT2D eigenvalue weighted by atomic mass is 32.2. The molecule has 0 spiro atoms. The van der Waals surface area contributed by atoms with Gasteiger partial charge in [-0.1, -0.05) is 0 Å². The van der Waals surface area contributed by atoms with Crippen molar-refractivity contribution in [3.05, 3.63) is 24.0 Å². The van der Waals surface area contributed by atoms with Gasteiger partial charge in [-0.25, -0.2) is 4.39 Å². The van der Waals surface area contributed by atoms with Gasteiger partial charge in [0.2, 0.25) is 0 Å². The van der Waals surface area contributed by atoms with Crippen molar-refractivity contribution in [2.24, 2.45) is 5.14 Å². The summed E-state index contributed by atoms with van der Waals surface area (Å²) in [6, 6.07) is 3.22. The van der Waals surface area contributed by atoms with E-state index >= 15 is 0 Å². The van der Waals surface area contributed by atoms with E-state index in [2.05, 4.69) is 14.1 Å². The molecule has 0 unspecified atom stereocenters. The van der Waals surface area contributed by atoms with Crippen molar-refractivity contribution in [1.29, 1.82) is 0 Å². The average Bonchev–Trinajstić information content (AvgIpc) is 2.06. The molecule has 1 rings (SSSR count). The highest BCUT2D eigenvalue weighted by Gasteiger charge is 2.08. The Morgan fingerprint density at radius 3 is 2.57 bits per heavy atom. The van der Waals surface area contributed by atoms with E-state index in [1.807, 2.05) is 0 Å². The van der Waals surface area contributed by atoms with Crippen LogP contribution in [0.3, 0.4) is 0 Å². The molecule has 14 heavy (non-hydrogen) atoms. The Bertz CT molecular complexity index is 431. The molecule has 0 amide bonds. The van der Waals surface area contributed by atoms with Crippen LogP contribution >= 0.6 is 0 Å². The predicted octanol–water partition coefficient (Wildman–Crippen LogP) is 0.417.